The lowest BCUT2D eigenvalue weighted by molar-refractivity contribution is -0.114. The Bertz CT molecular complexity index is 29.9. The van der Waals surface area contributed by atoms with Crippen LogP contribution < -0.4 is 0 Å². The zero-order valence-electron chi connectivity index (χ0n) is 3.91. The van der Waals surface area contributed by atoms with Crippen molar-refractivity contribution in [2.75, 3.05) is 0 Å². The van der Waals surface area contributed by atoms with Gasteiger partial charge in [-0.2, -0.15) is 0 Å². The van der Waals surface area contributed by atoms with Gasteiger partial charge in [-0.05, 0) is 13.8 Å². The van der Waals surface area contributed by atoms with Gasteiger partial charge >= 0.3 is 0 Å². The molecule has 0 heterocycles. The van der Waals surface area contributed by atoms with E-state index in [1.54, 1.807) is 0 Å². The number of Topliss-reactive ketones (excluding diaryl/α,β-unsaturated/α-hetero) is 1. The maximum Gasteiger partial charge on any atom is 0.126 e. The second-order valence-electron chi connectivity index (χ2n) is 0.908. The quantitative estimate of drug-likeness (QED) is 0.402. The molecular weight excluding hydrogens is 52.0 g/mol. The molecule has 0 aromatic carbocycles. The number of carbonyl (C=O) groups excluding carboxylic acids is 1. The van der Waals surface area contributed by atoms with Gasteiger partial charge < -0.3 is 4.79 Å². The van der Waals surface area contributed by atoms with Crippen LogP contribution in [0.2, 0.25) is 0 Å². The van der Waals surface area contributed by atoms with Crippen LogP contribution in [0, 0.1) is 0 Å². The van der Waals surface area contributed by atoms with Gasteiger partial charge in [0.1, 0.15) is 5.78 Å². The number of hydrogen-bond donors (Lipinski definition) is 0. The van der Waals surface area contributed by atoms with Crippen molar-refractivity contribution in [3.05, 3.63) is 0 Å². The molecule has 4 heavy (non-hydrogen) atoms. The Labute approximate surface area is 27.1 Å². The number of carbonyl (C=O) groups is 1. The van der Waals surface area contributed by atoms with Gasteiger partial charge in [-0.15, -0.1) is 0 Å². The van der Waals surface area contributed by atoms with Crippen molar-refractivity contribution in [3.63, 3.8) is 0 Å². The minimum Gasteiger partial charge on any atom is -0.300 e. The predicted molar refractivity (Wildman–Crippen MR) is 17.5 cm³/mol. The maximum absolute atomic E-state index is 9.44. The fraction of sp³-hybridized carbons (Fsp3) is 0.667. The van der Waals surface area contributed by atoms with E-state index in [1.165, 1.54) is 13.8 Å². The number of rotatable bonds is 0. The molecule has 0 bridgehead atoms. The van der Waals surface area contributed by atoms with Gasteiger partial charge in [0.2, 0.25) is 0 Å². The van der Waals surface area contributed by atoms with Crippen molar-refractivity contribution in [2.24, 2.45) is 0 Å². The lowest BCUT2D eigenvalue weighted by atomic mass is 10.6. The zero-order valence-corrected chi connectivity index (χ0v) is 2.91. The fourth-order valence-corrected chi connectivity index (χ4v) is 0. The first-order chi connectivity index (χ1) is 1.73. The van der Waals surface area contributed by atoms with Gasteiger partial charge in [-0.1, -0.05) is 0 Å². The highest BCUT2D eigenvalue weighted by molar-refractivity contribution is 5.72. The number of hydrogen-bond acceptors (Lipinski definition) is 1. The van der Waals surface area contributed by atoms with E-state index in [9.17, 15) is 4.79 Å². The Kier molecular flexibility index (Phi) is 0.958. The van der Waals surface area contributed by atoms with Crippen molar-refractivity contribution in [3.8, 4) is 0 Å². The van der Waals surface area contributed by atoms with Gasteiger partial charge in [0.15, 0.2) is 0 Å². The van der Waals surface area contributed by atoms with E-state index in [2.05, 4.69) is 0 Å². The molecule has 0 aliphatic heterocycles. The summed E-state index contributed by atoms with van der Waals surface area (Å²) in [6, 6.07) is 0. The molecule has 0 aliphatic rings. The summed E-state index contributed by atoms with van der Waals surface area (Å²) in [6.07, 6.45) is 0. The van der Waals surface area contributed by atoms with Gasteiger partial charge in [0, 0.05) is 1.43 Å². The summed E-state index contributed by atoms with van der Waals surface area (Å²) in [7, 11) is 0. The summed E-state index contributed by atoms with van der Waals surface area (Å²) in [4.78, 5) is 9.44. The van der Waals surface area contributed by atoms with E-state index in [4.69, 9.17) is 0 Å². The molecule has 0 aromatic heterocycles. The van der Waals surface area contributed by atoms with Gasteiger partial charge in [0.05, 0.1) is 0 Å². The summed E-state index contributed by atoms with van der Waals surface area (Å²) in [6.45, 7) is 3.06. The third-order valence-electron chi connectivity index (χ3n) is 0. The van der Waals surface area contributed by atoms with Crippen molar-refractivity contribution >= 4 is 5.78 Å². The normalized spacial score (nSPS) is 6.50. The largest absolute Gasteiger partial charge is 0.300 e. The third-order valence-corrected chi connectivity index (χ3v) is 0. The lowest BCUT2D eigenvalue weighted by Crippen LogP contribution is -1.69. The summed E-state index contributed by atoms with van der Waals surface area (Å²) in [5, 5.41) is 0. The molecule has 0 rings (SSSR count). The van der Waals surface area contributed by atoms with Crippen molar-refractivity contribution in [2.45, 2.75) is 13.8 Å². The molecular formula is C3H7O. The van der Waals surface area contributed by atoms with Crippen LogP contribution in [0.25, 0.3) is 0 Å². The highest BCUT2D eigenvalue weighted by atomic mass is 16.1. The van der Waals surface area contributed by atoms with E-state index in [-0.39, 0.29) is 7.21 Å². The molecule has 0 unspecified atom stereocenters. The molecule has 25 valence electrons. The Morgan fingerprint density at radius 1 is 1.75 bits per heavy atom. The van der Waals surface area contributed by atoms with Gasteiger partial charge in [-0.3, -0.25) is 0 Å². The Morgan fingerprint density at radius 2 is 1.75 bits per heavy atom. The van der Waals surface area contributed by atoms with E-state index >= 15 is 0 Å². The van der Waals surface area contributed by atoms with E-state index < -0.39 is 0 Å². The second-order valence-corrected chi connectivity index (χ2v) is 0.908. The topological polar surface area (TPSA) is 17.1 Å². The molecule has 0 aliphatic carbocycles. The third kappa shape index (κ3) is 6.88. The Morgan fingerprint density at radius 3 is 1.75 bits per heavy atom. The summed E-state index contributed by atoms with van der Waals surface area (Å²) in [5.41, 5.74) is 0. The standard InChI is InChI=1S/C3H6O.H/c1-3(2)4;/h1-2H3;/i;1+1. The van der Waals surface area contributed by atoms with Crippen LogP contribution in [0.4, 0.5) is 0 Å². The van der Waals surface area contributed by atoms with Crippen LogP contribution in [0.15, 0.2) is 0 Å². The average Bonchev–Trinajstić information content (AvgIpc) is 0.811. The fourth-order valence-electron chi connectivity index (χ4n) is 0. The monoisotopic (exact) mass is 60.1 g/mol. The summed E-state index contributed by atoms with van der Waals surface area (Å²) < 4.78 is 0. The predicted octanol–water partition coefficient (Wildman–Crippen LogP) is 0.708. The minimum absolute atomic E-state index is 0. The Hall–Kier alpha value is -0.330. The van der Waals surface area contributed by atoms with Gasteiger partial charge in [0.25, 0.3) is 0 Å². The first-order valence-corrected chi connectivity index (χ1v) is 1.20. The smallest absolute Gasteiger partial charge is 0.126 e. The number of ketones is 1. The van der Waals surface area contributed by atoms with Crippen LogP contribution >= 0.6 is 0 Å². The van der Waals surface area contributed by atoms with Crippen LogP contribution in [0.1, 0.15) is 15.3 Å². The maximum atomic E-state index is 9.44. The van der Waals surface area contributed by atoms with E-state index in [1.807, 2.05) is 0 Å². The average molecular weight is 60.1 g/mol. The molecule has 0 N–H and O–H groups in total. The van der Waals surface area contributed by atoms with E-state index in [0.717, 1.165) is 0 Å². The van der Waals surface area contributed by atoms with Crippen LogP contribution in [0.5, 0.6) is 0 Å². The molecule has 1 heteroatoms. The Balaban J connectivity index is 0. The summed E-state index contributed by atoms with van der Waals surface area (Å²) in [5.74, 6) is 0.167. The molecule has 1 radical (unpaired) electrons. The highest BCUT2D eigenvalue weighted by Gasteiger charge is 1.62. The molecule has 0 atom stereocenters. The SMILES string of the molecule is CC(C)=O.[2H]. The first-order valence-electron chi connectivity index (χ1n) is 1.20. The van der Waals surface area contributed by atoms with E-state index in [0.29, 0.717) is 0 Å². The van der Waals surface area contributed by atoms with Gasteiger partial charge in [-0.25, -0.2) is 0 Å². The first kappa shape index (κ1) is 3.67. The molecule has 1 nitrogen and oxygen atoms in total. The second kappa shape index (κ2) is 1.04. The van der Waals surface area contributed by atoms with Crippen LogP contribution in [-0.4, -0.2) is 5.78 Å². The molecule has 0 amide bonds. The van der Waals surface area contributed by atoms with Crippen LogP contribution in [0.3, 0.4) is 0 Å². The van der Waals surface area contributed by atoms with Crippen molar-refractivity contribution < 1.29 is 6.22 Å². The highest BCUT2D eigenvalue weighted by Crippen LogP contribution is 1.50. The molecule has 0 spiro atoms. The van der Waals surface area contributed by atoms with Crippen molar-refractivity contribution in [1.29, 1.82) is 0 Å². The minimum atomic E-state index is 0. The van der Waals surface area contributed by atoms with Crippen LogP contribution in [-0.2, 0) is 4.79 Å². The molecule has 0 fully saturated rings. The molecule has 0 saturated carbocycles. The lowest BCUT2D eigenvalue weighted by Gasteiger charge is -1.56. The molecule has 0 saturated heterocycles. The zero-order chi connectivity index (χ0) is 3.58. The summed E-state index contributed by atoms with van der Waals surface area (Å²) >= 11 is 0. The molecule has 0 aromatic rings. The van der Waals surface area contributed by atoms with Crippen molar-refractivity contribution in [1.82, 2.24) is 0 Å².